The van der Waals surface area contributed by atoms with Crippen molar-refractivity contribution in [1.29, 1.82) is 0 Å². The molecule has 300 valence electrons. The lowest BCUT2D eigenvalue weighted by molar-refractivity contribution is 0.666. The molecule has 0 spiro atoms. The summed E-state index contributed by atoms with van der Waals surface area (Å²) in [6.45, 7) is 0. The summed E-state index contributed by atoms with van der Waals surface area (Å²) in [6, 6.07) is 19.8. The Balaban J connectivity index is 1.27. The van der Waals surface area contributed by atoms with E-state index in [2.05, 4.69) is 0 Å². The maximum Gasteiger partial charge on any atom is 0.179 e. The fourth-order valence-electron chi connectivity index (χ4n) is 9.23. The zero-order valence-corrected chi connectivity index (χ0v) is 34.3. The van der Waals surface area contributed by atoms with Crippen molar-refractivity contribution in [3.05, 3.63) is 242 Å². The van der Waals surface area contributed by atoms with Gasteiger partial charge in [-0.05, 0) is 74.2 Å². The molecule has 0 fully saturated rings. The number of aromatic nitrogens is 2. The van der Waals surface area contributed by atoms with E-state index < -0.39 is 212 Å². The Bertz CT molecular complexity index is 4980. The summed E-state index contributed by atoms with van der Waals surface area (Å²) in [5.74, 6) is 0. The van der Waals surface area contributed by atoms with Crippen LogP contribution in [0.3, 0.4) is 0 Å². The minimum Gasteiger partial charge on any atom is -0.454 e. The van der Waals surface area contributed by atoms with Gasteiger partial charge in [0.1, 0.15) is 5.58 Å². The first-order chi connectivity index (χ1) is 40.5. The van der Waals surface area contributed by atoms with Crippen LogP contribution in [0.15, 0.2) is 247 Å². The maximum absolute atomic E-state index is 10.5. The molecule has 3 heterocycles. The third-order valence-electron chi connectivity index (χ3n) is 11.9. The Morgan fingerprint density at radius 1 is 0.391 bits per heavy atom. The molecular weight excluding hydrogens is 793 g/mol. The number of para-hydroxylation sites is 4. The molecule has 0 aliphatic heterocycles. The van der Waals surface area contributed by atoms with Crippen LogP contribution in [0.1, 0.15) is 28.8 Å². The van der Waals surface area contributed by atoms with E-state index >= 15 is 0 Å². The van der Waals surface area contributed by atoms with E-state index in [1.807, 2.05) is 115 Å². The van der Waals surface area contributed by atoms with Crippen LogP contribution in [-0.2, 0) is 0 Å². The summed E-state index contributed by atoms with van der Waals surface area (Å²) in [4.78, 5) is 0. The van der Waals surface area contributed by atoms with Crippen LogP contribution in [0, 0.1) is 0 Å². The van der Waals surface area contributed by atoms with Crippen molar-refractivity contribution < 1.29 is 33.2 Å². The van der Waals surface area contributed by atoms with E-state index in [0.717, 1.165) is 20.3 Å². The van der Waals surface area contributed by atoms with Gasteiger partial charge in [0.05, 0.1) is 61.9 Å². The molecule has 0 saturated heterocycles. The fraction of sp³-hybridized carbons (Fsp3) is 0. The van der Waals surface area contributed by atoms with Crippen LogP contribution in [0.5, 0.6) is 0 Å². The molecule has 10 aromatic carbocycles. The van der Waals surface area contributed by atoms with Crippen LogP contribution in [-0.4, -0.2) is 17.2 Å². The van der Waals surface area contributed by atoms with Gasteiger partial charge in [0, 0.05) is 32.6 Å². The van der Waals surface area contributed by atoms with Crippen molar-refractivity contribution in [2.45, 2.75) is 0 Å². The van der Waals surface area contributed by atoms with Crippen molar-refractivity contribution in [2.75, 3.05) is 0 Å². The monoisotopic (exact) mass is 853 g/mol. The molecule has 13 rings (SSSR count). The number of nitrogens with zero attached hydrogens (tertiary/aromatic N) is 2. The highest BCUT2D eigenvalue weighted by Crippen LogP contribution is 2.45. The van der Waals surface area contributed by atoms with E-state index in [1.54, 1.807) is 0 Å². The quantitative estimate of drug-likeness (QED) is 0.116. The molecule has 4 heteroatoms. The van der Waals surface area contributed by atoms with Gasteiger partial charge >= 0.3 is 0 Å². The zero-order chi connectivity index (χ0) is 60.5. The van der Waals surface area contributed by atoms with Crippen LogP contribution in [0.4, 0.5) is 0 Å². The first kappa shape index (κ1) is 21.3. The van der Waals surface area contributed by atoms with Crippen LogP contribution in [0.25, 0.3) is 88.1 Å². The molecular formula is C60H40N2OSi. The van der Waals surface area contributed by atoms with Crippen molar-refractivity contribution >= 4 is 94.4 Å². The summed E-state index contributed by atoms with van der Waals surface area (Å²) in [6.07, 6.45) is 0. The lowest BCUT2D eigenvalue weighted by atomic mass is 10.1. The summed E-state index contributed by atoms with van der Waals surface area (Å²) in [5.41, 5.74) is -2.47. The molecule has 0 unspecified atom stereocenters. The highest BCUT2D eigenvalue weighted by atomic mass is 28.3. The number of furan rings is 1. The minimum absolute atomic E-state index is 0.00996. The third-order valence-corrected chi connectivity index (χ3v) is 16.5. The van der Waals surface area contributed by atoms with Gasteiger partial charge in [0.15, 0.2) is 13.7 Å². The summed E-state index contributed by atoms with van der Waals surface area (Å²) < 4.78 is 207. The van der Waals surface area contributed by atoms with Gasteiger partial charge in [-0.25, -0.2) is 0 Å². The van der Waals surface area contributed by atoms with Gasteiger partial charge in [-0.3, -0.25) is 0 Å². The largest absolute Gasteiger partial charge is 0.454 e. The van der Waals surface area contributed by atoms with E-state index in [0.29, 0.717) is 15.6 Å². The Labute approximate surface area is 400 Å². The minimum atomic E-state index is -4.03. The normalized spacial score (nSPS) is 16.7. The number of hydrogen-bond acceptors (Lipinski definition) is 1. The second kappa shape index (κ2) is 14.5. The van der Waals surface area contributed by atoms with E-state index in [1.165, 1.54) is 0 Å². The lowest BCUT2D eigenvalue weighted by Crippen LogP contribution is -2.74. The summed E-state index contributed by atoms with van der Waals surface area (Å²) >= 11 is 0. The van der Waals surface area contributed by atoms with Crippen LogP contribution >= 0.6 is 0 Å². The second-order valence-electron chi connectivity index (χ2n) is 15.2. The molecule has 0 saturated carbocycles. The van der Waals surface area contributed by atoms with Crippen LogP contribution in [0.2, 0.25) is 0 Å². The Morgan fingerprint density at radius 3 is 1.45 bits per heavy atom. The average Bonchev–Trinajstić information content (AvgIpc) is 1.57. The molecule has 0 bridgehead atoms. The predicted molar refractivity (Wildman–Crippen MR) is 271 cm³/mol. The first-order valence-electron chi connectivity index (χ1n) is 30.8. The number of fused-ring (bicyclic) bond motifs is 10. The van der Waals surface area contributed by atoms with Crippen LogP contribution < -0.4 is 20.7 Å². The van der Waals surface area contributed by atoms with Gasteiger partial charge in [-0.1, -0.05) is 200 Å². The molecule has 0 N–H and O–H groups in total. The van der Waals surface area contributed by atoms with Crippen molar-refractivity contribution in [2.24, 2.45) is 0 Å². The zero-order valence-electron chi connectivity index (χ0n) is 54.3. The first-order valence-corrected chi connectivity index (χ1v) is 22.3. The smallest absolute Gasteiger partial charge is 0.179 e. The van der Waals surface area contributed by atoms with E-state index in [4.69, 9.17) is 18.1 Å². The van der Waals surface area contributed by atoms with Gasteiger partial charge in [-0.2, -0.15) is 0 Å². The Kier molecular flexibility index (Phi) is 4.80. The standard InChI is InChI=1S/C60H40N2OSi/c1-4-18-41(19-5-1)42-32-36-46(37-33-42)64(44-20-6-2-7-21-44,45-22-8-3-9-23-45)47-38-34-43(35-39-47)61-53-28-14-12-26-50(53)52-40-56(60-58(59(52)61)51-27-13-17-31-57(51)63-60)62-54-29-15-10-24-48(54)49-25-11-16-30-55(49)62/h1-40H/i10D,11D,12D,13D,14D,15D,16D,17D,24D,25D,26D,27D,28D,29D,30D,31D,34D,35D,38D,39D,40D. The van der Waals surface area contributed by atoms with Crippen molar-refractivity contribution in [3.63, 3.8) is 0 Å². The highest BCUT2D eigenvalue weighted by molar-refractivity contribution is 7.19. The number of rotatable bonds is 7. The van der Waals surface area contributed by atoms with Gasteiger partial charge in [-0.15, -0.1) is 0 Å². The SMILES string of the molecule is [2H]c1c([2H])c([Si](c2ccccc2)(c2ccccc2)c2ccc(-c3ccccc3)cc2)c([2H])c([2H])c1-n1c2c([2H])c([2H])c([2H])c([2H])c2c2c([2H])c(-n3c4c([2H])c([2H])c([2H])c([2H])c4c4c([2H])c([2H])c([2H])c([2H])c43)c3oc4c([2H])c([2H])c([2H])c([2H])c4c3c21. The second-order valence-corrected chi connectivity index (χ2v) is 18.9. The molecule has 0 amide bonds. The van der Waals surface area contributed by atoms with Crippen molar-refractivity contribution in [1.82, 2.24) is 9.13 Å². The summed E-state index contributed by atoms with van der Waals surface area (Å²) in [7, 11) is -4.03. The number of benzene rings is 10. The lowest BCUT2D eigenvalue weighted by Gasteiger charge is -2.34. The predicted octanol–water partition coefficient (Wildman–Crippen LogP) is 12.8. The molecule has 0 radical (unpaired) electrons. The third kappa shape index (κ3) is 5.33. The molecule has 64 heavy (non-hydrogen) atoms. The number of hydrogen-bond donors (Lipinski definition) is 0. The van der Waals surface area contributed by atoms with Gasteiger partial charge < -0.3 is 13.6 Å². The molecule has 13 aromatic rings. The fourth-order valence-corrected chi connectivity index (χ4v) is 13.6. The highest BCUT2D eigenvalue weighted by Gasteiger charge is 2.41. The molecule has 0 atom stereocenters. The Hall–Kier alpha value is -8.18. The molecule has 0 aliphatic rings. The van der Waals surface area contributed by atoms with Crippen molar-refractivity contribution in [3.8, 4) is 22.5 Å². The average molecular weight is 854 g/mol. The summed E-state index contributed by atoms with van der Waals surface area (Å²) in [5, 5.41) is -0.532. The molecule has 3 nitrogen and oxygen atoms in total. The maximum atomic E-state index is 10.5. The van der Waals surface area contributed by atoms with E-state index in [-0.39, 0.29) is 5.19 Å². The molecule has 0 aliphatic carbocycles. The topological polar surface area (TPSA) is 23.0 Å². The van der Waals surface area contributed by atoms with Gasteiger partial charge in [0.25, 0.3) is 0 Å². The van der Waals surface area contributed by atoms with E-state index in [9.17, 15) is 15.1 Å². The molecule has 3 aromatic heterocycles. The van der Waals surface area contributed by atoms with Gasteiger partial charge in [0.2, 0.25) is 0 Å². The Morgan fingerprint density at radius 2 is 0.859 bits per heavy atom.